The maximum Gasteiger partial charge on any atom is 0.387 e. The van der Waals surface area contributed by atoms with E-state index in [4.69, 9.17) is 11.6 Å². The van der Waals surface area contributed by atoms with Gasteiger partial charge in [0.1, 0.15) is 0 Å². The van der Waals surface area contributed by atoms with E-state index in [1.54, 1.807) is 12.1 Å². The zero-order valence-electron chi connectivity index (χ0n) is 10.3. The number of benzene rings is 1. The molecule has 0 atom stereocenters. The third kappa shape index (κ3) is 4.21. The Kier molecular flexibility index (Phi) is 5.28. The molecule has 0 aliphatic heterocycles. The molecule has 0 unspecified atom stereocenters. The Morgan fingerprint density at radius 1 is 1.26 bits per heavy atom. The summed E-state index contributed by atoms with van der Waals surface area (Å²) in [4.78, 5) is 0. The maximum absolute atomic E-state index is 12.5. The molecule has 106 valence electrons. The standard InChI is InChI=1S/C13H15BrClF2NO/c14-10-6-8(15)7-11(12(10)19-13(16)17)18-9-4-2-1-3-5-9/h6-7,9,13,18H,1-5H2. The summed E-state index contributed by atoms with van der Waals surface area (Å²) in [5.41, 5.74) is 0.520. The first-order valence-corrected chi connectivity index (χ1v) is 7.44. The van der Waals surface area contributed by atoms with Crippen LogP contribution in [0.15, 0.2) is 16.6 Å². The molecule has 1 fully saturated rings. The number of hydrogen-bond acceptors (Lipinski definition) is 2. The van der Waals surface area contributed by atoms with Gasteiger partial charge in [-0.05, 0) is 40.9 Å². The molecule has 6 heteroatoms. The molecule has 1 aromatic carbocycles. The fourth-order valence-corrected chi connectivity index (χ4v) is 3.25. The summed E-state index contributed by atoms with van der Waals surface area (Å²) in [5, 5.41) is 3.74. The minimum atomic E-state index is -2.86. The normalized spacial score (nSPS) is 16.7. The molecule has 1 N–H and O–H groups in total. The Morgan fingerprint density at radius 3 is 2.58 bits per heavy atom. The lowest BCUT2D eigenvalue weighted by molar-refractivity contribution is -0.0499. The van der Waals surface area contributed by atoms with Crippen molar-refractivity contribution in [3.63, 3.8) is 0 Å². The highest BCUT2D eigenvalue weighted by atomic mass is 79.9. The molecule has 1 aromatic rings. The van der Waals surface area contributed by atoms with Crippen LogP contribution in [0.2, 0.25) is 5.02 Å². The highest BCUT2D eigenvalue weighted by Crippen LogP contribution is 2.38. The molecule has 2 rings (SSSR count). The molecular formula is C13H15BrClF2NO. The average molecular weight is 355 g/mol. The summed E-state index contributed by atoms with van der Waals surface area (Å²) in [7, 11) is 0. The highest BCUT2D eigenvalue weighted by molar-refractivity contribution is 9.10. The van der Waals surface area contributed by atoms with E-state index < -0.39 is 6.61 Å². The number of alkyl halides is 2. The summed E-state index contributed by atoms with van der Waals surface area (Å²) in [6, 6.07) is 3.46. The molecule has 1 aliphatic carbocycles. The second-order valence-corrected chi connectivity index (χ2v) is 5.91. The van der Waals surface area contributed by atoms with Crippen LogP contribution in [0, 0.1) is 0 Å². The van der Waals surface area contributed by atoms with Crippen molar-refractivity contribution in [1.29, 1.82) is 0 Å². The molecule has 0 spiro atoms. The number of halogens is 4. The number of hydrogen-bond donors (Lipinski definition) is 1. The quantitative estimate of drug-likeness (QED) is 0.776. The molecule has 1 saturated carbocycles. The maximum atomic E-state index is 12.5. The molecular weight excluding hydrogens is 340 g/mol. The summed E-state index contributed by atoms with van der Waals surface area (Å²) in [6.07, 6.45) is 5.63. The lowest BCUT2D eigenvalue weighted by atomic mass is 9.95. The zero-order valence-corrected chi connectivity index (χ0v) is 12.6. The van der Waals surface area contributed by atoms with Crippen LogP contribution in [0.1, 0.15) is 32.1 Å². The highest BCUT2D eigenvalue weighted by Gasteiger charge is 2.19. The van der Waals surface area contributed by atoms with Crippen LogP contribution in [-0.2, 0) is 0 Å². The minimum Gasteiger partial charge on any atom is -0.431 e. The monoisotopic (exact) mass is 353 g/mol. The van der Waals surface area contributed by atoms with Crippen LogP contribution in [0.5, 0.6) is 5.75 Å². The molecule has 0 heterocycles. The van der Waals surface area contributed by atoms with E-state index in [0.717, 1.165) is 25.7 Å². The molecule has 1 aliphatic rings. The van der Waals surface area contributed by atoms with E-state index in [9.17, 15) is 8.78 Å². The molecule has 0 bridgehead atoms. The van der Waals surface area contributed by atoms with Gasteiger partial charge in [-0.15, -0.1) is 0 Å². The van der Waals surface area contributed by atoms with Gasteiger partial charge in [0, 0.05) is 11.1 Å². The Hall–Kier alpha value is -0.550. The van der Waals surface area contributed by atoms with E-state index in [2.05, 4.69) is 26.0 Å². The van der Waals surface area contributed by atoms with E-state index in [1.165, 1.54) is 6.42 Å². The summed E-state index contributed by atoms with van der Waals surface area (Å²) >= 11 is 9.17. The predicted molar refractivity (Wildman–Crippen MR) is 76.3 cm³/mol. The first-order valence-electron chi connectivity index (χ1n) is 6.26. The van der Waals surface area contributed by atoms with Gasteiger partial charge in [-0.3, -0.25) is 0 Å². The second-order valence-electron chi connectivity index (χ2n) is 4.62. The van der Waals surface area contributed by atoms with Crippen molar-refractivity contribution < 1.29 is 13.5 Å². The first kappa shape index (κ1) is 14.9. The lowest BCUT2D eigenvalue weighted by Crippen LogP contribution is -2.23. The number of rotatable bonds is 4. The topological polar surface area (TPSA) is 21.3 Å². The van der Waals surface area contributed by atoms with E-state index in [0.29, 0.717) is 21.2 Å². The summed E-state index contributed by atoms with van der Waals surface area (Å²) in [5.74, 6) is 0.116. The fraction of sp³-hybridized carbons (Fsp3) is 0.538. The van der Waals surface area contributed by atoms with Crippen molar-refractivity contribution in [2.24, 2.45) is 0 Å². The third-order valence-electron chi connectivity index (χ3n) is 3.18. The van der Waals surface area contributed by atoms with Crippen molar-refractivity contribution in [3.8, 4) is 5.75 Å². The Balaban J connectivity index is 2.20. The largest absolute Gasteiger partial charge is 0.431 e. The van der Waals surface area contributed by atoms with Crippen molar-refractivity contribution >= 4 is 33.2 Å². The van der Waals surface area contributed by atoms with E-state index in [1.807, 2.05) is 0 Å². The molecule has 0 amide bonds. The molecule has 0 saturated heterocycles. The predicted octanol–water partition coefficient (Wildman–Crippen LogP) is 5.45. The zero-order chi connectivity index (χ0) is 13.8. The van der Waals surface area contributed by atoms with E-state index >= 15 is 0 Å². The van der Waals surface area contributed by atoms with E-state index in [-0.39, 0.29) is 5.75 Å². The van der Waals surface area contributed by atoms with Gasteiger partial charge in [0.25, 0.3) is 0 Å². The van der Waals surface area contributed by atoms with Gasteiger partial charge in [0.05, 0.1) is 10.2 Å². The third-order valence-corrected chi connectivity index (χ3v) is 3.99. The van der Waals surface area contributed by atoms with Crippen molar-refractivity contribution in [1.82, 2.24) is 0 Å². The van der Waals surface area contributed by atoms with Gasteiger partial charge in [0.15, 0.2) is 5.75 Å². The summed E-state index contributed by atoms with van der Waals surface area (Å²) in [6.45, 7) is -2.86. The molecule has 2 nitrogen and oxygen atoms in total. The van der Waals surface area contributed by atoms with Crippen LogP contribution >= 0.6 is 27.5 Å². The lowest BCUT2D eigenvalue weighted by Gasteiger charge is -2.25. The Bertz CT molecular complexity index is 439. The van der Waals surface area contributed by atoms with Gasteiger partial charge in [0.2, 0.25) is 0 Å². The van der Waals surface area contributed by atoms with Crippen LogP contribution in [0.25, 0.3) is 0 Å². The molecule has 0 radical (unpaired) electrons. The van der Waals surface area contributed by atoms with Gasteiger partial charge in [-0.25, -0.2) is 0 Å². The Labute approximate surface area is 124 Å². The molecule has 19 heavy (non-hydrogen) atoms. The average Bonchev–Trinajstić information content (AvgIpc) is 2.34. The summed E-state index contributed by atoms with van der Waals surface area (Å²) < 4.78 is 29.9. The SMILES string of the molecule is FC(F)Oc1c(Br)cc(Cl)cc1NC1CCCCC1. The fourth-order valence-electron chi connectivity index (χ4n) is 2.34. The van der Waals surface area contributed by atoms with Crippen LogP contribution in [0.4, 0.5) is 14.5 Å². The molecule has 0 aromatic heterocycles. The second kappa shape index (κ2) is 6.75. The van der Waals surface area contributed by atoms with Crippen molar-refractivity contribution in [2.75, 3.05) is 5.32 Å². The Morgan fingerprint density at radius 2 is 1.95 bits per heavy atom. The van der Waals surface area contributed by atoms with Crippen LogP contribution in [0.3, 0.4) is 0 Å². The van der Waals surface area contributed by atoms with Gasteiger partial charge >= 0.3 is 6.61 Å². The van der Waals surface area contributed by atoms with Gasteiger partial charge in [-0.1, -0.05) is 30.9 Å². The number of anilines is 1. The van der Waals surface area contributed by atoms with Crippen LogP contribution in [-0.4, -0.2) is 12.7 Å². The van der Waals surface area contributed by atoms with Gasteiger partial charge in [-0.2, -0.15) is 8.78 Å². The number of ether oxygens (including phenoxy) is 1. The first-order chi connectivity index (χ1) is 9.06. The smallest absolute Gasteiger partial charge is 0.387 e. The van der Waals surface area contributed by atoms with Crippen LogP contribution < -0.4 is 10.1 Å². The minimum absolute atomic E-state index is 0.116. The van der Waals surface area contributed by atoms with Crippen molar-refractivity contribution in [3.05, 3.63) is 21.6 Å². The van der Waals surface area contributed by atoms with Gasteiger partial charge < -0.3 is 10.1 Å². The number of nitrogens with one attached hydrogen (secondary N) is 1. The van der Waals surface area contributed by atoms with Crippen molar-refractivity contribution in [2.45, 2.75) is 44.8 Å².